The van der Waals surface area contributed by atoms with E-state index in [2.05, 4.69) is 9.71 Å². The minimum Gasteiger partial charge on any atom is -0.378 e. The van der Waals surface area contributed by atoms with Crippen LogP contribution in [-0.2, 0) is 10.0 Å². The van der Waals surface area contributed by atoms with E-state index in [1.165, 1.54) is 0 Å². The topological polar surface area (TPSA) is 61.8 Å². The molecule has 0 saturated carbocycles. The number of aliphatic imine (C=N–C) groups is 1. The summed E-state index contributed by atoms with van der Waals surface area (Å²) in [5.74, 6) is 0. The molecule has 0 heterocycles. The summed E-state index contributed by atoms with van der Waals surface area (Å²) in [5.41, 5.74) is 4.32. The van der Waals surface area contributed by atoms with Gasteiger partial charge in [0, 0.05) is 26.0 Å². The van der Waals surface area contributed by atoms with Crippen LogP contribution in [0, 0.1) is 6.92 Å². The average Bonchev–Trinajstić information content (AvgIpc) is 2.46. The van der Waals surface area contributed by atoms with Crippen molar-refractivity contribution >= 4 is 33.3 Å². The molecule has 2 aromatic rings. The zero-order valence-corrected chi connectivity index (χ0v) is 14.6. The molecule has 0 spiro atoms. The number of anilines is 2. The van der Waals surface area contributed by atoms with Crippen LogP contribution in [-0.4, -0.2) is 35.0 Å². The Bertz CT molecular complexity index is 810. The van der Waals surface area contributed by atoms with Crippen LogP contribution in [0.5, 0.6) is 0 Å². The van der Waals surface area contributed by atoms with Gasteiger partial charge in [-0.05, 0) is 42.3 Å². The van der Waals surface area contributed by atoms with E-state index in [-0.39, 0.29) is 0 Å². The number of aryl methyl sites for hydroxylation is 1. The first-order valence-corrected chi connectivity index (χ1v) is 9.04. The second-order valence-electron chi connectivity index (χ2n) is 5.62. The molecule has 2 rings (SSSR count). The predicted molar refractivity (Wildman–Crippen MR) is 97.7 cm³/mol. The van der Waals surface area contributed by atoms with Crippen molar-refractivity contribution in [2.24, 2.45) is 4.99 Å². The number of benzene rings is 2. The lowest BCUT2D eigenvalue weighted by molar-refractivity contribution is 0.607. The van der Waals surface area contributed by atoms with Crippen LogP contribution in [0.15, 0.2) is 47.5 Å². The first-order chi connectivity index (χ1) is 10.7. The normalized spacial score (nSPS) is 11.7. The van der Waals surface area contributed by atoms with E-state index < -0.39 is 10.0 Å². The molecule has 0 aliphatic carbocycles. The molecule has 1 N–H and O–H groups in total. The summed E-state index contributed by atoms with van der Waals surface area (Å²) < 4.78 is 25.1. The van der Waals surface area contributed by atoms with Gasteiger partial charge in [0.15, 0.2) is 0 Å². The molecule has 122 valence electrons. The van der Waals surface area contributed by atoms with Crippen LogP contribution in [0.25, 0.3) is 0 Å². The molecule has 23 heavy (non-hydrogen) atoms. The second-order valence-corrected chi connectivity index (χ2v) is 7.37. The van der Waals surface area contributed by atoms with Crippen molar-refractivity contribution in [1.29, 1.82) is 0 Å². The molecule has 6 heteroatoms. The van der Waals surface area contributed by atoms with Crippen LogP contribution in [0.4, 0.5) is 17.1 Å². The van der Waals surface area contributed by atoms with Gasteiger partial charge in [0.1, 0.15) is 0 Å². The fourth-order valence-electron chi connectivity index (χ4n) is 2.03. The molecule has 0 unspecified atom stereocenters. The zero-order chi connectivity index (χ0) is 17.0. The number of rotatable bonds is 5. The van der Waals surface area contributed by atoms with Crippen molar-refractivity contribution < 1.29 is 8.42 Å². The molecule has 0 aromatic heterocycles. The summed E-state index contributed by atoms with van der Waals surface area (Å²) in [6.07, 6.45) is 2.90. The minimum atomic E-state index is -3.29. The molecule has 0 atom stereocenters. The third-order valence-corrected chi connectivity index (χ3v) is 3.88. The Morgan fingerprint density at radius 3 is 2.30 bits per heavy atom. The van der Waals surface area contributed by atoms with Gasteiger partial charge in [-0.2, -0.15) is 0 Å². The number of hydrogen-bond donors (Lipinski definition) is 1. The van der Waals surface area contributed by atoms with Gasteiger partial charge < -0.3 is 4.90 Å². The van der Waals surface area contributed by atoms with Gasteiger partial charge in [-0.3, -0.25) is 9.71 Å². The largest absolute Gasteiger partial charge is 0.378 e. The fraction of sp³-hybridized carbons (Fsp3) is 0.235. The van der Waals surface area contributed by atoms with E-state index in [1.807, 2.05) is 56.3 Å². The van der Waals surface area contributed by atoms with Crippen molar-refractivity contribution in [3.63, 3.8) is 0 Å². The molecule has 0 fully saturated rings. The monoisotopic (exact) mass is 331 g/mol. The van der Waals surface area contributed by atoms with Crippen LogP contribution in [0.3, 0.4) is 0 Å². The Kier molecular flexibility index (Phi) is 5.05. The van der Waals surface area contributed by atoms with Gasteiger partial charge in [-0.1, -0.05) is 18.2 Å². The highest BCUT2D eigenvalue weighted by Crippen LogP contribution is 2.24. The van der Waals surface area contributed by atoms with Gasteiger partial charge in [-0.15, -0.1) is 0 Å². The van der Waals surface area contributed by atoms with E-state index in [0.29, 0.717) is 5.69 Å². The maximum atomic E-state index is 11.3. The summed E-state index contributed by atoms with van der Waals surface area (Å²) in [6, 6.07) is 13.3. The highest BCUT2D eigenvalue weighted by atomic mass is 32.2. The maximum absolute atomic E-state index is 11.3. The third-order valence-electron chi connectivity index (χ3n) is 3.27. The first-order valence-electron chi connectivity index (χ1n) is 7.14. The molecule has 0 amide bonds. The smallest absolute Gasteiger partial charge is 0.229 e. The zero-order valence-electron chi connectivity index (χ0n) is 13.7. The van der Waals surface area contributed by atoms with E-state index in [0.717, 1.165) is 28.8 Å². The number of sulfonamides is 1. The summed E-state index contributed by atoms with van der Waals surface area (Å²) in [5, 5.41) is 0. The van der Waals surface area contributed by atoms with E-state index in [9.17, 15) is 8.42 Å². The van der Waals surface area contributed by atoms with Gasteiger partial charge >= 0.3 is 0 Å². The molecule has 5 nitrogen and oxygen atoms in total. The third kappa shape index (κ3) is 5.10. The van der Waals surface area contributed by atoms with E-state index >= 15 is 0 Å². The Morgan fingerprint density at radius 2 is 1.74 bits per heavy atom. The SMILES string of the molecule is Cc1ccc(NS(C)(=O)=O)cc1N=Cc1ccc(N(C)C)cc1. The van der Waals surface area contributed by atoms with Crippen LogP contribution < -0.4 is 9.62 Å². The van der Waals surface area contributed by atoms with Gasteiger partial charge in [0.2, 0.25) is 10.0 Å². The standard InChI is InChI=1S/C17H21N3O2S/c1-13-5-8-15(19-23(4,21)22)11-17(13)18-12-14-6-9-16(10-7-14)20(2)3/h5-12,19H,1-4H3. The molecular weight excluding hydrogens is 310 g/mol. The van der Waals surface area contributed by atoms with Gasteiger partial charge in [0.25, 0.3) is 0 Å². The highest BCUT2D eigenvalue weighted by Gasteiger charge is 2.04. The van der Waals surface area contributed by atoms with Crippen LogP contribution >= 0.6 is 0 Å². The Balaban J connectivity index is 2.23. The summed E-state index contributed by atoms with van der Waals surface area (Å²) >= 11 is 0. The Labute approximate surface area is 137 Å². The minimum absolute atomic E-state index is 0.508. The van der Waals surface area contributed by atoms with Crippen molar-refractivity contribution in [3.8, 4) is 0 Å². The predicted octanol–water partition coefficient (Wildman–Crippen LogP) is 3.18. The lowest BCUT2D eigenvalue weighted by Gasteiger charge is -2.11. The second kappa shape index (κ2) is 6.83. The number of nitrogens with one attached hydrogen (secondary N) is 1. The van der Waals surface area contributed by atoms with Crippen molar-refractivity contribution in [2.75, 3.05) is 30.0 Å². The lowest BCUT2D eigenvalue weighted by Crippen LogP contribution is -2.09. The fourth-order valence-corrected chi connectivity index (χ4v) is 2.58. The molecule has 0 aliphatic heterocycles. The molecular formula is C17H21N3O2S. The molecule has 0 bridgehead atoms. The quantitative estimate of drug-likeness (QED) is 0.856. The molecule has 2 aromatic carbocycles. The van der Waals surface area contributed by atoms with E-state index in [4.69, 9.17) is 0 Å². The van der Waals surface area contributed by atoms with Crippen LogP contribution in [0.2, 0.25) is 0 Å². The van der Waals surface area contributed by atoms with Gasteiger partial charge in [0.05, 0.1) is 17.6 Å². The van der Waals surface area contributed by atoms with Gasteiger partial charge in [-0.25, -0.2) is 8.42 Å². The lowest BCUT2D eigenvalue weighted by atomic mass is 10.2. The number of nitrogens with zero attached hydrogens (tertiary/aromatic N) is 2. The van der Waals surface area contributed by atoms with Crippen LogP contribution in [0.1, 0.15) is 11.1 Å². The number of hydrogen-bond acceptors (Lipinski definition) is 4. The maximum Gasteiger partial charge on any atom is 0.229 e. The Morgan fingerprint density at radius 1 is 1.09 bits per heavy atom. The van der Waals surface area contributed by atoms with Crippen molar-refractivity contribution in [1.82, 2.24) is 0 Å². The average molecular weight is 331 g/mol. The first kappa shape index (κ1) is 17.0. The van der Waals surface area contributed by atoms with Crippen molar-refractivity contribution in [3.05, 3.63) is 53.6 Å². The summed E-state index contributed by atoms with van der Waals surface area (Å²) in [7, 11) is 0.692. The summed E-state index contributed by atoms with van der Waals surface area (Å²) in [6.45, 7) is 1.94. The molecule has 0 saturated heterocycles. The van der Waals surface area contributed by atoms with E-state index in [1.54, 1.807) is 18.3 Å². The van der Waals surface area contributed by atoms with Crippen molar-refractivity contribution in [2.45, 2.75) is 6.92 Å². The molecule has 0 radical (unpaired) electrons. The molecule has 0 aliphatic rings. The Hall–Kier alpha value is -2.34. The summed E-state index contributed by atoms with van der Waals surface area (Å²) in [4.78, 5) is 6.50. The highest BCUT2D eigenvalue weighted by molar-refractivity contribution is 7.92.